The SMILES string of the molecule is Cc1cccc(CN2CCC3(CCCN(c4ncccc4C)C3)C2=O)n1. The number of rotatable bonds is 3. The van der Waals surface area contributed by atoms with Gasteiger partial charge in [0.1, 0.15) is 5.82 Å². The zero-order chi connectivity index (χ0) is 18.1. The molecule has 0 aliphatic carbocycles. The first kappa shape index (κ1) is 17.0. The van der Waals surface area contributed by atoms with Crippen LogP contribution in [0.15, 0.2) is 36.5 Å². The number of nitrogens with zero attached hydrogens (tertiary/aromatic N) is 4. The minimum atomic E-state index is -0.258. The summed E-state index contributed by atoms with van der Waals surface area (Å²) in [5, 5.41) is 0. The van der Waals surface area contributed by atoms with Crippen molar-refractivity contribution < 1.29 is 4.79 Å². The smallest absolute Gasteiger partial charge is 0.231 e. The third-order valence-corrected chi connectivity index (χ3v) is 5.76. The van der Waals surface area contributed by atoms with Gasteiger partial charge in [0, 0.05) is 31.5 Å². The number of aromatic nitrogens is 2. The number of carbonyl (C=O) groups excluding carboxylic acids is 1. The van der Waals surface area contributed by atoms with Crippen molar-refractivity contribution in [1.82, 2.24) is 14.9 Å². The van der Waals surface area contributed by atoms with Gasteiger partial charge in [-0.25, -0.2) is 4.98 Å². The zero-order valence-corrected chi connectivity index (χ0v) is 15.6. The summed E-state index contributed by atoms with van der Waals surface area (Å²) in [7, 11) is 0. The predicted molar refractivity (Wildman–Crippen MR) is 102 cm³/mol. The van der Waals surface area contributed by atoms with Crippen molar-refractivity contribution in [1.29, 1.82) is 0 Å². The fourth-order valence-corrected chi connectivity index (χ4v) is 4.43. The largest absolute Gasteiger partial charge is 0.355 e. The number of likely N-dealkylation sites (tertiary alicyclic amines) is 1. The van der Waals surface area contributed by atoms with E-state index in [1.807, 2.05) is 42.3 Å². The van der Waals surface area contributed by atoms with Crippen LogP contribution in [0.3, 0.4) is 0 Å². The zero-order valence-electron chi connectivity index (χ0n) is 15.6. The highest BCUT2D eigenvalue weighted by Crippen LogP contribution is 2.41. The molecule has 1 spiro atoms. The summed E-state index contributed by atoms with van der Waals surface area (Å²) in [5.74, 6) is 1.32. The van der Waals surface area contributed by atoms with Crippen LogP contribution in [0.4, 0.5) is 5.82 Å². The van der Waals surface area contributed by atoms with Crippen LogP contribution in [-0.2, 0) is 11.3 Å². The summed E-state index contributed by atoms with van der Waals surface area (Å²) >= 11 is 0. The van der Waals surface area contributed by atoms with E-state index in [-0.39, 0.29) is 5.41 Å². The topological polar surface area (TPSA) is 49.3 Å². The van der Waals surface area contributed by atoms with E-state index < -0.39 is 0 Å². The summed E-state index contributed by atoms with van der Waals surface area (Å²) in [6, 6.07) is 10.1. The van der Waals surface area contributed by atoms with Gasteiger partial charge in [-0.2, -0.15) is 0 Å². The Morgan fingerprint density at radius 1 is 1.12 bits per heavy atom. The van der Waals surface area contributed by atoms with Crippen LogP contribution in [0.1, 0.15) is 36.2 Å². The van der Waals surface area contributed by atoms with Crippen molar-refractivity contribution in [2.45, 2.75) is 39.7 Å². The summed E-state index contributed by atoms with van der Waals surface area (Å²) in [4.78, 5) is 26.7. The molecule has 5 heteroatoms. The molecule has 2 aliphatic rings. The number of carbonyl (C=O) groups is 1. The van der Waals surface area contributed by atoms with Crippen LogP contribution in [0.25, 0.3) is 0 Å². The van der Waals surface area contributed by atoms with Crippen molar-refractivity contribution in [2.24, 2.45) is 5.41 Å². The standard InChI is InChI=1S/C21H26N4O/c1-16-6-4-11-22-19(16)25-12-5-9-21(15-25)10-13-24(20(21)26)14-18-8-3-7-17(2)23-18/h3-4,6-8,11H,5,9-10,12-15H2,1-2H3. The first-order chi connectivity index (χ1) is 12.6. The van der Waals surface area contributed by atoms with Gasteiger partial charge < -0.3 is 9.80 Å². The van der Waals surface area contributed by atoms with Crippen molar-refractivity contribution in [3.05, 3.63) is 53.5 Å². The van der Waals surface area contributed by atoms with Crippen molar-refractivity contribution in [2.75, 3.05) is 24.5 Å². The van der Waals surface area contributed by atoms with E-state index in [1.165, 1.54) is 5.56 Å². The second-order valence-electron chi connectivity index (χ2n) is 7.70. The Morgan fingerprint density at radius 2 is 2.00 bits per heavy atom. The lowest BCUT2D eigenvalue weighted by atomic mass is 9.78. The van der Waals surface area contributed by atoms with Gasteiger partial charge in [-0.15, -0.1) is 0 Å². The molecule has 1 unspecified atom stereocenters. The van der Waals surface area contributed by atoms with Gasteiger partial charge in [-0.05, 0) is 56.9 Å². The highest BCUT2D eigenvalue weighted by atomic mass is 16.2. The Balaban J connectivity index is 1.52. The maximum Gasteiger partial charge on any atom is 0.231 e. The number of piperidine rings is 1. The van der Waals surface area contributed by atoms with E-state index in [1.54, 1.807) is 0 Å². The molecule has 2 aliphatic heterocycles. The molecule has 2 saturated heterocycles. The Kier molecular flexibility index (Phi) is 4.39. The van der Waals surface area contributed by atoms with Crippen LogP contribution < -0.4 is 4.90 Å². The number of pyridine rings is 2. The molecule has 136 valence electrons. The molecule has 5 nitrogen and oxygen atoms in total. The molecule has 0 saturated carbocycles. The molecule has 0 N–H and O–H groups in total. The molecular formula is C21H26N4O. The number of hydrogen-bond acceptors (Lipinski definition) is 4. The van der Waals surface area contributed by atoms with Crippen LogP contribution >= 0.6 is 0 Å². The molecular weight excluding hydrogens is 324 g/mol. The second-order valence-corrected chi connectivity index (χ2v) is 7.70. The Hall–Kier alpha value is -2.43. The van der Waals surface area contributed by atoms with Crippen molar-refractivity contribution in [3.63, 3.8) is 0 Å². The second kappa shape index (κ2) is 6.71. The summed E-state index contributed by atoms with van der Waals surface area (Å²) in [5.41, 5.74) is 2.89. The normalized spacial score (nSPS) is 23.1. The lowest BCUT2D eigenvalue weighted by Crippen LogP contribution is -2.48. The van der Waals surface area contributed by atoms with Gasteiger partial charge in [0.05, 0.1) is 17.7 Å². The highest BCUT2D eigenvalue weighted by molar-refractivity contribution is 5.85. The van der Waals surface area contributed by atoms with Crippen LogP contribution in [0, 0.1) is 19.3 Å². The van der Waals surface area contributed by atoms with Crippen LogP contribution in [0.5, 0.6) is 0 Å². The molecule has 1 amide bonds. The van der Waals surface area contributed by atoms with Gasteiger partial charge in [-0.3, -0.25) is 9.78 Å². The minimum Gasteiger partial charge on any atom is -0.355 e. The molecule has 4 rings (SSSR count). The quantitative estimate of drug-likeness (QED) is 0.853. The van der Waals surface area contributed by atoms with Gasteiger partial charge in [0.15, 0.2) is 0 Å². The first-order valence-corrected chi connectivity index (χ1v) is 9.46. The van der Waals surface area contributed by atoms with E-state index in [9.17, 15) is 4.79 Å². The Labute approximate surface area is 155 Å². The maximum atomic E-state index is 13.3. The average molecular weight is 350 g/mol. The molecule has 2 aromatic rings. The van der Waals surface area contributed by atoms with Gasteiger partial charge in [0.2, 0.25) is 5.91 Å². The number of anilines is 1. The first-order valence-electron chi connectivity index (χ1n) is 9.46. The lowest BCUT2D eigenvalue weighted by molar-refractivity contribution is -0.137. The molecule has 0 bridgehead atoms. The van der Waals surface area contributed by atoms with E-state index in [0.29, 0.717) is 12.5 Å². The summed E-state index contributed by atoms with van der Waals surface area (Å²) < 4.78 is 0. The van der Waals surface area contributed by atoms with Gasteiger partial charge >= 0.3 is 0 Å². The molecule has 2 aromatic heterocycles. The van der Waals surface area contributed by atoms with Crippen LogP contribution in [0.2, 0.25) is 0 Å². The maximum absolute atomic E-state index is 13.3. The van der Waals surface area contributed by atoms with Crippen molar-refractivity contribution >= 4 is 11.7 Å². The molecule has 0 radical (unpaired) electrons. The molecule has 2 fully saturated rings. The van der Waals surface area contributed by atoms with E-state index >= 15 is 0 Å². The average Bonchev–Trinajstić information content (AvgIpc) is 2.92. The summed E-state index contributed by atoms with van der Waals surface area (Å²) in [6.07, 6.45) is 4.79. The fraction of sp³-hybridized carbons (Fsp3) is 0.476. The minimum absolute atomic E-state index is 0.258. The monoisotopic (exact) mass is 350 g/mol. The van der Waals surface area contributed by atoms with E-state index in [0.717, 1.165) is 56.1 Å². The predicted octanol–water partition coefficient (Wildman–Crippen LogP) is 3.11. The van der Waals surface area contributed by atoms with Gasteiger partial charge in [0.25, 0.3) is 0 Å². The van der Waals surface area contributed by atoms with Crippen molar-refractivity contribution in [3.8, 4) is 0 Å². The van der Waals surface area contributed by atoms with E-state index in [4.69, 9.17) is 0 Å². The third-order valence-electron chi connectivity index (χ3n) is 5.76. The molecule has 0 aromatic carbocycles. The highest BCUT2D eigenvalue weighted by Gasteiger charge is 2.49. The molecule has 1 atom stereocenters. The summed E-state index contributed by atoms with van der Waals surface area (Å²) in [6.45, 7) is 7.28. The number of aryl methyl sites for hydroxylation is 2. The van der Waals surface area contributed by atoms with Crippen LogP contribution in [-0.4, -0.2) is 40.4 Å². The number of hydrogen-bond donors (Lipinski definition) is 0. The Bertz CT molecular complexity index is 821. The third kappa shape index (κ3) is 3.06. The Morgan fingerprint density at radius 3 is 2.81 bits per heavy atom. The number of amides is 1. The molecule has 26 heavy (non-hydrogen) atoms. The molecule has 4 heterocycles. The lowest BCUT2D eigenvalue weighted by Gasteiger charge is -2.40. The van der Waals surface area contributed by atoms with Gasteiger partial charge in [-0.1, -0.05) is 12.1 Å². The van der Waals surface area contributed by atoms with E-state index in [2.05, 4.69) is 27.9 Å². The fourth-order valence-electron chi connectivity index (χ4n) is 4.43.